The summed E-state index contributed by atoms with van der Waals surface area (Å²) in [5, 5.41) is 3.62. The molecule has 0 saturated carbocycles. The van der Waals surface area contributed by atoms with Crippen LogP contribution in [0, 0.1) is 6.92 Å². The normalized spacial score (nSPS) is 10.8. The van der Waals surface area contributed by atoms with E-state index in [2.05, 4.69) is 5.32 Å². The molecular formula is C11H12ClNO2. The highest BCUT2D eigenvalue weighted by molar-refractivity contribution is 6.28. The molecule has 0 aromatic carbocycles. The standard InChI is InChI=1S/C11H12ClNO2/c1-8-2-3-9(14-8)6-13-7-10-4-5-11(12)15-10/h2-5,13H,6-7H2,1H3. The molecule has 0 fully saturated rings. The number of halogens is 1. The van der Waals surface area contributed by atoms with E-state index >= 15 is 0 Å². The highest BCUT2D eigenvalue weighted by Gasteiger charge is 2.01. The Kier molecular flexibility index (Phi) is 3.14. The van der Waals surface area contributed by atoms with Crippen LogP contribution in [0.1, 0.15) is 17.3 Å². The summed E-state index contributed by atoms with van der Waals surface area (Å²) in [6.45, 7) is 3.26. The molecule has 0 aliphatic carbocycles. The molecule has 0 aliphatic rings. The van der Waals surface area contributed by atoms with Gasteiger partial charge in [0.25, 0.3) is 0 Å². The lowest BCUT2D eigenvalue weighted by atomic mass is 10.4. The Morgan fingerprint density at radius 3 is 2.27 bits per heavy atom. The van der Waals surface area contributed by atoms with Crippen LogP contribution in [0.4, 0.5) is 0 Å². The fourth-order valence-electron chi connectivity index (χ4n) is 1.34. The van der Waals surface area contributed by atoms with Crippen molar-refractivity contribution in [3.63, 3.8) is 0 Å². The molecule has 1 N–H and O–H groups in total. The van der Waals surface area contributed by atoms with E-state index in [4.69, 9.17) is 20.4 Å². The van der Waals surface area contributed by atoms with Crippen molar-refractivity contribution in [2.24, 2.45) is 0 Å². The van der Waals surface area contributed by atoms with Crippen LogP contribution >= 0.6 is 11.6 Å². The van der Waals surface area contributed by atoms with E-state index in [1.807, 2.05) is 25.1 Å². The van der Waals surface area contributed by atoms with E-state index in [1.54, 1.807) is 6.07 Å². The molecule has 0 radical (unpaired) electrons. The molecule has 0 atom stereocenters. The third-order valence-electron chi connectivity index (χ3n) is 2.02. The highest BCUT2D eigenvalue weighted by atomic mass is 35.5. The molecule has 0 unspecified atom stereocenters. The number of nitrogens with one attached hydrogen (secondary N) is 1. The first-order chi connectivity index (χ1) is 7.24. The monoisotopic (exact) mass is 225 g/mol. The summed E-state index contributed by atoms with van der Waals surface area (Å²) in [6.07, 6.45) is 0. The van der Waals surface area contributed by atoms with Crippen molar-refractivity contribution in [3.8, 4) is 0 Å². The van der Waals surface area contributed by atoms with E-state index < -0.39 is 0 Å². The first-order valence-corrected chi connectivity index (χ1v) is 5.12. The first kappa shape index (κ1) is 10.3. The molecule has 0 aliphatic heterocycles. The molecule has 0 spiro atoms. The third kappa shape index (κ3) is 2.88. The fourth-order valence-corrected chi connectivity index (χ4v) is 1.50. The van der Waals surface area contributed by atoms with E-state index in [-0.39, 0.29) is 0 Å². The summed E-state index contributed by atoms with van der Waals surface area (Å²) in [4.78, 5) is 0. The summed E-state index contributed by atoms with van der Waals surface area (Å²) in [5.41, 5.74) is 0. The molecule has 2 aromatic rings. The Labute approximate surface area is 93.0 Å². The molecule has 0 bridgehead atoms. The van der Waals surface area contributed by atoms with Gasteiger partial charge in [-0.3, -0.25) is 0 Å². The molecule has 2 heterocycles. The summed E-state index contributed by atoms with van der Waals surface area (Å²) >= 11 is 5.65. The molecule has 0 saturated heterocycles. The van der Waals surface area contributed by atoms with Crippen molar-refractivity contribution in [3.05, 3.63) is 46.8 Å². The second kappa shape index (κ2) is 4.55. The Balaban J connectivity index is 1.80. The van der Waals surface area contributed by atoms with Crippen LogP contribution in [0.15, 0.2) is 33.1 Å². The maximum atomic E-state index is 5.65. The van der Waals surface area contributed by atoms with Gasteiger partial charge in [-0.15, -0.1) is 0 Å². The summed E-state index contributed by atoms with van der Waals surface area (Å²) < 4.78 is 10.6. The van der Waals surface area contributed by atoms with Crippen LogP contribution in [0.2, 0.25) is 5.22 Å². The third-order valence-corrected chi connectivity index (χ3v) is 2.23. The van der Waals surface area contributed by atoms with Gasteiger partial charge in [0.1, 0.15) is 17.3 Å². The van der Waals surface area contributed by atoms with Gasteiger partial charge in [-0.2, -0.15) is 0 Å². The molecule has 4 heteroatoms. The smallest absolute Gasteiger partial charge is 0.193 e. The Hall–Kier alpha value is -1.19. The van der Waals surface area contributed by atoms with Crippen molar-refractivity contribution >= 4 is 11.6 Å². The summed E-state index contributed by atoms with van der Waals surface area (Å²) in [6, 6.07) is 7.48. The summed E-state index contributed by atoms with van der Waals surface area (Å²) in [5.74, 6) is 2.67. The van der Waals surface area contributed by atoms with Crippen LogP contribution in [0.25, 0.3) is 0 Å². The number of aryl methyl sites for hydroxylation is 1. The number of rotatable bonds is 4. The topological polar surface area (TPSA) is 38.3 Å². The SMILES string of the molecule is Cc1ccc(CNCc2ccc(Cl)o2)o1. The van der Waals surface area contributed by atoms with E-state index in [9.17, 15) is 0 Å². The highest BCUT2D eigenvalue weighted by Crippen LogP contribution is 2.13. The first-order valence-electron chi connectivity index (χ1n) is 4.74. The van der Waals surface area contributed by atoms with Gasteiger partial charge in [-0.25, -0.2) is 0 Å². The van der Waals surface area contributed by atoms with Gasteiger partial charge < -0.3 is 14.2 Å². The quantitative estimate of drug-likeness (QED) is 0.869. The lowest BCUT2D eigenvalue weighted by Crippen LogP contribution is -2.11. The Morgan fingerprint density at radius 2 is 1.73 bits per heavy atom. The lowest BCUT2D eigenvalue weighted by molar-refractivity contribution is 0.441. The largest absolute Gasteiger partial charge is 0.465 e. The predicted molar refractivity (Wildman–Crippen MR) is 57.7 cm³/mol. The minimum atomic E-state index is 0.417. The van der Waals surface area contributed by atoms with Crippen LogP contribution in [0.5, 0.6) is 0 Å². The predicted octanol–water partition coefficient (Wildman–Crippen LogP) is 3.12. The maximum absolute atomic E-state index is 5.65. The van der Waals surface area contributed by atoms with E-state index in [1.165, 1.54) is 0 Å². The molecule has 2 aromatic heterocycles. The van der Waals surface area contributed by atoms with Crippen molar-refractivity contribution in [2.75, 3.05) is 0 Å². The fraction of sp³-hybridized carbons (Fsp3) is 0.273. The lowest BCUT2D eigenvalue weighted by Gasteiger charge is -1.99. The molecule has 2 rings (SSSR count). The molecular weight excluding hydrogens is 214 g/mol. The van der Waals surface area contributed by atoms with Gasteiger partial charge in [0, 0.05) is 0 Å². The second-order valence-corrected chi connectivity index (χ2v) is 3.69. The number of furan rings is 2. The molecule has 15 heavy (non-hydrogen) atoms. The minimum Gasteiger partial charge on any atom is -0.465 e. The zero-order valence-electron chi connectivity index (χ0n) is 8.42. The van der Waals surface area contributed by atoms with Gasteiger partial charge >= 0.3 is 0 Å². The van der Waals surface area contributed by atoms with Gasteiger partial charge in [0.05, 0.1) is 13.1 Å². The van der Waals surface area contributed by atoms with Crippen molar-refractivity contribution in [1.82, 2.24) is 5.32 Å². The maximum Gasteiger partial charge on any atom is 0.193 e. The van der Waals surface area contributed by atoms with Gasteiger partial charge in [-0.1, -0.05) is 0 Å². The van der Waals surface area contributed by atoms with Gasteiger partial charge in [-0.05, 0) is 42.8 Å². The second-order valence-electron chi connectivity index (χ2n) is 3.32. The van der Waals surface area contributed by atoms with Crippen LogP contribution in [0.3, 0.4) is 0 Å². The average Bonchev–Trinajstić information content (AvgIpc) is 2.76. The zero-order valence-corrected chi connectivity index (χ0v) is 9.17. The van der Waals surface area contributed by atoms with E-state index in [0.717, 1.165) is 17.3 Å². The van der Waals surface area contributed by atoms with Crippen molar-refractivity contribution in [1.29, 1.82) is 0 Å². The van der Waals surface area contributed by atoms with Crippen molar-refractivity contribution < 1.29 is 8.83 Å². The van der Waals surface area contributed by atoms with Crippen molar-refractivity contribution in [2.45, 2.75) is 20.0 Å². The molecule has 80 valence electrons. The van der Waals surface area contributed by atoms with E-state index in [0.29, 0.717) is 18.3 Å². The summed E-state index contributed by atoms with van der Waals surface area (Å²) in [7, 11) is 0. The van der Waals surface area contributed by atoms with Gasteiger partial charge in [0.2, 0.25) is 0 Å². The van der Waals surface area contributed by atoms with Crippen LogP contribution < -0.4 is 5.32 Å². The average molecular weight is 226 g/mol. The number of hydrogen-bond acceptors (Lipinski definition) is 3. The molecule has 3 nitrogen and oxygen atoms in total. The Morgan fingerprint density at radius 1 is 1.07 bits per heavy atom. The van der Waals surface area contributed by atoms with Gasteiger partial charge in [0.15, 0.2) is 5.22 Å². The number of hydrogen-bond donors (Lipinski definition) is 1. The van der Waals surface area contributed by atoms with Crippen LogP contribution in [-0.4, -0.2) is 0 Å². The zero-order chi connectivity index (χ0) is 10.7. The Bertz CT molecular complexity index is 393. The van der Waals surface area contributed by atoms with Crippen LogP contribution in [-0.2, 0) is 13.1 Å². The minimum absolute atomic E-state index is 0.417. The molecule has 0 amide bonds.